The van der Waals surface area contributed by atoms with Gasteiger partial charge in [-0.1, -0.05) is 23.8 Å². The Kier molecular flexibility index (Phi) is 7.36. The maximum Gasteiger partial charge on any atom is 0.174 e. The van der Waals surface area contributed by atoms with Crippen molar-refractivity contribution in [2.45, 2.75) is 46.1 Å². The number of benzene rings is 2. The Morgan fingerprint density at radius 3 is 2.48 bits per heavy atom. The summed E-state index contributed by atoms with van der Waals surface area (Å²) in [7, 11) is 2.96. The van der Waals surface area contributed by atoms with Gasteiger partial charge < -0.3 is 24.4 Å². The van der Waals surface area contributed by atoms with Gasteiger partial charge in [0.25, 0.3) is 0 Å². The van der Waals surface area contributed by atoms with Gasteiger partial charge >= 0.3 is 0 Å². The third kappa shape index (κ3) is 5.16. The van der Waals surface area contributed by atoms with E-state index in [9.17, 15) is 15.0 Å². The maximum atomic E-state index is 13.3. The van der Waals surface area contributed by atoms with Crippen LogP contribution in [-0.2, 0) is 6.42 Å². The van der Waals surface area contributed by atoms with Crippen LogP contribution < -0.4 is 14.2 Å². The zero-order valence-corrected chi connectivity index (χ0v) is 19.9. The summed E-state index contributed by atoms with van der Waals surface area (Å²) in [6.45, 7) is 10.2. The first-order valence-corrected chi connectivity index (χ1v) is 10.9. The topological polar surface area (TPSA) is 85.2 Å². The molecule has 2 N–H and O–H groups in total. The Morgan fingerprint density at radius 1 is 1.18 bits per heavy atom. The summed E-state index contributed by atoms with van der Waals surface area (Å²) in [5.74, 6) is 1.02. The lowest BCUT2D eigenvalue weighted by Crippen LogP contribution is -2.23. The van der Waals surface area contributed by atoms with Crippen LogP contribution in [0.3, 0.4) is 0 Å². The second-order valence-corrected chi connectivity index (χ2v) is 8.71. The van der Waals surface area contributed by atoms with Crippen molar-refractivity contribution in [1.29, 1.82) is 0 Å². The molecule has 0 amide bonds. The van der Waals surface area contributed by atoms with Crippen molar-refractivity contribution in [1.82, 2.24) is 0 Å². The van der Waals surface area contributed by atoms with E-state index in [-0.39, 0.29) is 35.4 Å². The van der Waals surface area contributed by atoms with Crippen LogP contribution in [0.1, 0.15) is 61.2 Å². The molecule has 2 atom stereocenters. The van der Waals surface area contributed by atoms with Gasteiger partial charge in [-0.05, 0) is 51.7 Å². The Balaban J connectivity index is 2.10. The predicted octanol–water partition coefficient (Wildman–Crippen LogP) is 5.91. The molecule has 0 aromatic heterocycles. The molecule has 0 fully saturated rings. The van der Waals surface area contributed by atoms with Gasteiger partial charge in [0.2, 0.25) is 0 Å². The fourth-order valence-corrected chi connectivity index (χ4v) is 4.09. The average Bonchev–Trinajstić information content (AvgIpc) is 2.76. The van der Waals surface area contributed by atoms with Crippen molar-refractivity contribution in [3.63, 3.8) is 0 Å². The molecule has 0 spiro atoms. The summed E-state index contributed by atoms with van der Waals surface area (Å²) in [4.78, 5) is 13.3. The van der Waals surface area contributed by atoms with Gasteiger partial charge in [0.15, 0.2) is 5.78 Å². The first kappa shape index (κ1) is 24.2. The number of phenolic OH excluding ortho intramolecular Hbond substituents is 2. The highest BCUT2D eigenvalue weighted by atomic mass is 16.5. The molecule has 0 unspecified atom stereocenters. The summed E-state index contributed by atoms with van der Waals surface area (Å²) in [5.41, 5.74) is 3.71. The molecule has 0 aliphatic carbocycles. The highest BCUT2D eigenvalue weighted by Crippen LogP contribution is 2.48. The van der Waals surface area contributed by atoms with Crippen molar-refractivity contribution >= 4 is 5.78 Å². The van der Waals surface area contributed by atoms with Crippen LogP contribution in [-0.4, -0.2) is 30.2 Å². The van der Waals surface area contributed by atoms with Crippen LogP contribution in [0.4, 0.5) is 0 Å². The van der Waals surface area contributed by atoms with E-state index in [0.29, 0.717) is 34.6 Å². The first-order chi connectivity index (χ1) is 15.7. The van der Waals surface area contributed by atoms with Gasteiger partial charge in [0.05, 0.1) is 20.6 Å². The molecule has 3 rings (SSSR count). The smallest absolute Gasteiger partial charge is 0.174 e. The molecule has 2 aromatic carbocycles. The van der Waals surface area contributed by atoms with E-state index in [0.717, 1.165) is 12.0 Å². The number of hydrogen-bond acceptors (Lipinski definition) is 6. The average molecular weight is 453 g/mol. The fourth-order valence-electron chi connectivity index (χ4n) is 4.09. The van der Waals surface area contributed by atoms with Crippen LogP contribution in [0.2, 0.25) is 0 Å². The van der Waals surface area contributed by atoms with Gasteiger partial charge in [-0.3, -0.25) is 4.79 Å². The normalized spacial score (nSPS) is 15.8. The summed E-state index contributed by atoms with van der Waals surface area (Å²) in [5, 5.41) is 20.7. The third-order valence-electron chi connectivity index (χ3n) is 5.98. The standard InChI is InChI=1S/C27H32O6/c1-15(2)7-8-17(16(3)4)11-20-21(29)13-25(32-6)26-22(30)14-24(33-27(20)26)19-10-9-18(28)12-23(19)31-5/h7,9-10,12-13,17,24,28-29H,3,8,11,14H2,1-2,4-6H3/t17-,24-/m1/s1. The maximum absolute atomic E-state index is 13.3. The molecule has 1 aliphatic rings. The number of phenols is 2. The SMILES string of the molecule is C=C(C)[C@H](CC=C(C)C)Cc1c(O)cc(OC)c2c1O[C@@H](c1ccc(O)cc1OC)CC2=O. The number of ether oxygens (including phenoxy) is 3. The third-order valence-corrected chi connectivity index (χ3v) is 5.98. The number of fused-ring (bicyclic) bond motifs is 1. The van der Waals surface area contributed by atoms with Crippen LogP contribution in [0.5, 0.6) is 28.7 Å². The number of rotatable bonds is 8. The van der Waals surface area contributed by atoms with Gasteiger partial charge in [-0.2, -0.15) is 0 Å². The summed E-state index contributed by atoms with van der Waals surface area (Å²) in [6.07, 6.45) is 2.82. The minimum atomic E-state index is -0.633. The predicted molar refractivity (Wildman–Crippen MR) is 128 cm³/mol. The van der Waals surface area contributed by atoms with Crippen molar-refractivity contribution in [3.05, 3.63) is 64.8 Å². The Labute approximate surface area is 195 Å². The van der Waals surface area contributed by atoms with Crippen LogP contribution in [0, 0.1) is 5.92 Å². The fraction of sp³-hybridized carbons (Fsp3) is 0.370. The van der Waals surface area contributed by atoms with Gasteiger partial charge in [-0.15, -0.1) is 0 Å². The van der Waals surface area contributed by atoms with E-state index in [1.807, 2.05) is 20.8 Å². The number of ketones is 1. The molecule has 0 radical (unpaired) electrons. The van der Waals surface area contributed by atoms with E-state index < -0.39 is 6.10 Å². The highest BCUT2D eigenvalue weighted by Gasteiger charge is 2.35. The van der Waals surface area contributed by atoms with Crippen molar-refractivity contribution in [2.75, 3.05) is 14.2 Å². The summed E-state index contributed by atoms with van der Waals surface area (Å²) in [6, 6.07) is 6.18. The van der Waals surface area contributed by atoms with Crippen LogP contribution in [0.15, 0.2) is 48.1 Å². The zero-order valence-electron chi connectivity index (χ0n) is 19.9. The molecular formula is C27H32O6. The van der Waals surface area contributed by atoms with Crippen LogP contribution in [0.25, 0.3) is 0 Å². The van der Waals surface area contributed by atoms with Gasteiger partial charge in [-0.25, -0.2) is 0 Å². The van der Waals surface area contributed by atoms with Gasteiger partial charge in [0.1, 0.15) is 40.4 Å². The molecule has 0 saturated carbocycles. The monoisotopic (exact) mass is 452 g/mol. The Hall–Kier alpha value is -3.41. The zero-order chi connectivity index (χ0) is 24.3. The number of carbonyl (C=O) groups excluding carboxylic acids is 1. The lowest BCUT2D eigenvalue weighted by Gasteiger charge is -2.30. The first-order valence-electron chi connectivity index (χ1n) is 10.9. The lowest BCUT2D eigenvalue weighted by atomic mass is 9.86. The van der Waals surface area contributed by atoms with Crippen molar-refractivity contribution in [3.8, 4) is 28.7 Å². The number of hydrogen-bond donors (Lipinski definition) is 2. The van der Waals surface area contributed by atoms with E-state index in [4.69, 9.17) is 14.2 Å². The molecule has 6 nitrogen and oxygen atoms in total. The van der Waals surface area contributed by atoms with E-state index >= 15 is 0 Å². The summed E-state index contributed by atoms with van der Waals surface area (Å²) < 4.78 is 17.2. The number of aromatic hydroxyl groups is 2. The van der Waals surface area contributed by atoms with Crippen molar-refractivity contribution in [2.24, 2.45) is 5.92 Å². The largest absolute Gasteiger partial charge is 0.508 e. The molecule has 6 heteroatoms. The highest BCUT2D eigenvalue weighted by molar-refractivity contribution is 6.03. The Morgan fingerprint density at radius 2 is 1.88 bits per heavy atom. The van der Waals surface area contributed by atoms with Gasteiger partial charge in [0, 0.05) is 23.3 Å². The second-order valence-electron chi connectivity index (χ2n) is 8.71. The molecule has 33 heavy (non-hydrogen) atoms. The van der Waals surface area contributed by atoms with E-state index in [1.165, 1.54) is 38.0 Å². The number of Topliss-reactive ketones (excluding diaryl/α,β-unsaturated/α-hetero) is 1. The number of methoxy groups -OCH3 is 2. The lowest BCUT2D eigenvalue weighted by molar-refractivity contribution is 0.0838. The van der Waals surface area contributed by atoms with Crippen molar-refractivity contribution < 1.29 is 29.2 Å². The van der Waals surface area contributed by atoms with E-state index in [2.05, 4.69) is 12.7 Å². The molecule has 1 aliphatic heterocycles. The molecular weight excluding hydrogens is 420 g/mol. The second kappa shape index (κ2) is 10.0. The molecule has 2 aromatic rings. The number of allylic oxidation sites excluding steroid dienone is 3. The van der Waals surface area contributed by atoms with E-state index in [1.54, 1.807) is 6.07 Å². The minimum absolute atomic E-state index is 0.0140. The molecule has 176 valence electrons. The Bertz CT molecular complexity index is 1090. The quantitative estimate of drug-likeness (QED) is 0.484. The summed E-state index contributed by atoms with van der Waals surface area (Å²) >= 11 is 0. The van der Waals surface area contributed by atoms with Crippen LogP contribution >= 0.6 is 0 Å². The number of carbonyl (C=O) groups is 1. The molecule has 1 heterocycles. The molecule has 0 saturated heterocycles. The molecule has 0 bridgehead atoms. The minimum Gasteiger partial charge on any atom is -0.508 e.